The number of alkyl halides is 3. The van der Waals surface area contributed by atoms with Crippen LogP contribution in [0.1, 0.15) is 47.0 Å². The first-order chi connectivity index (χ1) is 15.2. The van der Waals surface area contributed by atoms with Crippen molar-refractivity contribution >= 4 is 11.6 Å². The molecule has 8 nitrogen and oxygen atoms in total. The summed E-state index contributed by atoms with van der Waals surface area (Å²) in [7, 11) is 1.44. The van der Waals surface area contributed by atoms with Gasteiger partial charge in [-0.3, -0.25) is 0 Å². The van der Waals surface area contributed by atoms with Crippen molar-refractivity contribution in [3.63, 3.8) is 0 Å². The number of nitrogens with two attached hydrogens (primary N) is 1. The van der Waals surface area contributed by atoms with Crippen molar-refractivity contribution in [1.82, 2.24) is 15.0 Å². The molecule has 3 N–H and O–H groups in total. The maximum Gasteiger partial charge on any atom is 0.418 e. The van der Waals surface area contributed by atoms with Crippen molar-refractivity contribution in [2.75, 3.05) is 37.4 Å². The van der Waals surface area contributed by atoms with Gasteiger partial charge < -0.3 is 25.2 Å². The predicted molar refractivity (Wildman–Crippen MR) is 110 cm³/mol. The van der Waals surface area contributed by atoms with E-state index in [0.29, 0.717) is 18.1 Å². The molecule has 174 valence electrons. The van der Waals surface area contributed by atoms with Gasteiger partial charge in [-0.25, -0.2) is 4.98 Å². The molecule has 4 rings (SSSR count). The molecule has 2 unspecified atom stereocenters. The van der Waals surface area contributed by atoms with Gasteiger partial charge in [0.25, 0.3) is 0 Å². The highest BCUT2D eigenvalue weighted by Crippen LogP contribution is 2.41. The molecule has 2 aliphatic rings. The SMILES string of the molecule is COc1nc2c(c(N3CCCC(CO)C3)n1)COC(c1nc(N)cc(C)c1C(F)(F)F)C2. The third-order valence-corrected chi connectivity index (χ3v) is 5.97. The van der Waals surface area contributed by atoms with Crippen LogP contribution in [-0.2, 0) is 23.9 Å². The van der Waals surface area contributed by atoms with Crippen LogP contribution in [0.15, 0.2) is 6.07 Å². The van der Waals surface area contributed by atoms with E-state index >= 15 is 0 Å². The summed E-state index contributed by atoms with van der Waals surface area (Å²) in [6, 6.07) is 1.35. The summed E-state index contributed by atoms with van der Waals surface area (Å²) in [5.41, 5.74) is 5.97. The number of hydrogen-bond acceptors (Lipinski definition) is 8. The number of hydrogen-bond donors (Lipinski definition) is 2. The Morgan fingerprint density at radius 3 is 2.78 bits per heavy atom. The Balaban J connectivity index is 1.72. The number of nitrogens with zero attached hydrogens (tertiary/aromatic N) is 4. The van der Waals surface area contributed by atoms with Gasteiger partial charge in [-0.05, 0) is 37.3 Å². The maximum atomic E-state index is 13.8. The van der Waals surface area contributed by atoms with Gasteiger partial charge in [0, 0.05) is 31.7 Å². The number of aliphatic hydroxyl groups is 1. The highest BCUT2D eigenvalue weighted by molar-refractivity contribution is 5.52. The molecule has 4 heterocycles. The zero-order chi connectivity index (χ0) is 23.0. The minimum absolute atomic E-state index is 0.00119. The molecular weight excluding hydrogens is 427 g/mol. The van der Waals surface area contributed by atoms with E-state index in [9.17, 15) is 18.3 Å². The topological polar surface area (TPSA) is 107 Å². The van der Waals surface area contributed by atoms with E-state index in [2.05, 4.69) is 19.9 Å². The van der Waals surface area contributed by atoms with Crippen LogP contribution in [0, 0.1) is 12.8 Å². The molecule has 0 saturated carbocycles. The van der Waals surface area contributed by atoms with Gasteiger partial charge in [0.2, 0.25) is 0 Å². The number of ether oxygens (including phenoxy) is 2. The maximum absolute atomic E-state index is 13.8. The van der Waals surface area contributed by atoms with Crippen LogP contribution in [0.5, 0.6) is 6.01 Å². The Kier molecular flexibility index (Phi) is 6.13. The summed E-state index contributed by atoms with van der Waals surface area (Å²) in [5, 5.41) is 9.57. The van der Waals surface area contributed by atoms with Crippen molar-refractivity contribution in [2.45, 2.75) is 45.1 Å². The van der Waals surface area contributed by atoms with E-state index in [1.54, 1.807) is 0 Å². The van der Waals surface area contributed by atoms with Crippen LogP contribution in [-0.4, -0.2) is 46.9 Å². The van der Waals surface area contributed by atoms with E-state index in [-0.39, 0.29) is 48.6 Å². The number of aliphatic hydroxyl groups excluding tert-OH is 1. The standard InChI is InChI=1S/C21H26F3N5O3/c1-11-6-16(25)27-18(17(11)21(22,23)24)15-7-14-13(10-32-15)19(28-20(26-14)31-2)29-5-3-4-12(8-29)9-30/h6,12,15,30H,3-5,7-10H2,1-2H3,(H2,25,27). The van der Waals surface area contributed by atoms with Crippen LogP contribution in [0.4, 0.5) is 24.8 Å². The van der Waals surface area contributed by atoms with E-state index < -0.39 is 17.8 Å². The highest BCUT2D eigenvalue weighted by Gasteiger charge is 2.40. The van der Waals surface area contributed by atoms with E-state index in [1.165, 1.54) is 20.1 Å². The van der Waals surface area contributed by atoms with Crippen LogP contribution in [0.25, 0.3) is 0 Å². The van der Waals surface area contributed by atoms with Crippen molar-refractivity contribution in [3.05, 3.63) is 34.1 Å². The lowest BCUT2D eigenvalue weighted by Gasteiger charge is -2.35. The summed E-state index contributed by atoms with van der Waals surface area (Å²) in [5.74, 6) is 0.770. The summed E-state index contributed by atoms with van der Waals surface area (Å²) >= 11 is 0. The number of methoxy groups -OCH3 is 1. The van der Waals surface area contributed by atoms with Gasteiger partial charge in [0.15, 0.2) is 0 Å². The lowest BCUT2D eigenvalue weighted by molar-refractivity contribution is -0.140. The second-order valence-corrected chi connectivity index (χ2v) is 8.22. The second kappa shape index (κ2) is 8.70. The third-order valence-electron chi connectivity index (χ3n) is 5.97. The Labute approximate surface area is 183 Å². The normalized spacial score (nSPS) is 21.4. The average molecular weight is 453 g/mol. The average Bonchev–Trinajstić information content (AvgIpc) is 2.76. The van der Waals surface area contributed by atoms with Gasteiger partial charge in [0.05, 0.1) is 30.7 Å². The Morgan fingerprint density at radius 2 is 2.09 bits per heavy atom. The third kappa shape index (κ3) is 4.31. The zero-order valence-corrected chi connectivity index (χ0v) is 17.9. The van der Waals surface area contributed by atoms with E-state index in [0.717, 1.165) is 24.9 Å². The Hall–Kier alpha value is -2.66. The molecule has 2 aromatic heterocycles. The van der Waals surface area contributed by atoms with Crippen molar-refractivity contribution < 1.29 is 27.8 Å². The number of aryl methyl sites for hydroxylation is 1. The first-order valence-corrected chi connectivity index (χ1v) is 10.5. The minimum atomic E-state index is -4.59. The number of piperidine rings is 1. The molecule has 2 aliphatic heterocycles. The number of halogens is 3. The Morgan fingerprint density at radius 1 is 1.31 bits per heavy atom. The molecule has 2 atom stereocenters. The zero-order valence-electron chi connectivity index (χ0n) is 17.9. The van der Waals surface area contributed by atoms with Crippen LogP contribution < -0.4 is 15.4 Å². The largest absolute Gasteiger partial charge is 0.467 e. The van der Waals surface area contributed by atoms with Crippen molar-refractivity contribution in [2.24, 2.45) is 5.92 Å². The number of fused-ring (bicyclic) bond motifs is 1. The highest BCUT2D eigenvalue weighted by atomic mass is 19.4. The van der Waals surface area contributed by atoms with Crippen molar-refractivity contribution in [1.29, 1.82) is 0 Å². The molecular formula is C21H26F3N5O3. The summed E-state index contributed by atoms with van der Waals surface area (Å²) in [4.78, 5) is 15.0. The quantitative estimate of drug-likeness (QED) is 0.728. The first kappa shape index (κ1) is 22.5. The van der Waals surface area contributed by atoms with Crippen molar-refractivity contribution in [3.8, 4) is 6.01 Å². The smallest absolute Gasteiger partial charge is 0.418 e. The molecule has 0 bridgehead atoms. The van der Waals surface area contributed by atoms with Crippen LogP contribution in [0.3, 0.4) is 0 Å². The Bertz CT molecular complexity index is 1000. The number of anilines is 2. The monoisotopic (exact) mass is 453 g/mol. The molecule has 32 heavy (non-hydrogen) atoms. The summed E-state index contributed by atoms with van der Waals surface area (Å²) in [6.45, 7) is 2.85. The lowest BCUT2D eigenvalue weighted by atomic mass is 9.95. The molecule has 11 heteroatoms. The molecule has 1 fully saturated rings. The molecule has 0 aliphatic carbocycles. The second-order valence-electron chi connectivity index (χ2n) is 8.22. The molecule has 2 aromatic rings. The van der Waals surface area contributed by atoms with E-state index in [1.807, 2.05) is 0 Å². The van der Waals surface area contributed by atoms with Gasteiger partial charge in [-0.2, -0.15) is 23.1 Å². The number of rotatable bonds is 4. The van der Waals surface area contributed by atoms with Gasteiger partial charge >= 0.3 is 12.2 Å². The minimum Gasteiger partial charge on any atom is -0.467 e. The number of aromatic nitrogens is 3. The summed E-state index contributed by atoms with van der Waals surface area (Å²) in [6.07, 6.45) is -3.64. The molecule has 0 radical (unpaired) electrons. The van der Waals surface area contributed by atoms with Gasteiger partial charge in [0.1, 0.15) is 17.7 Å². The molecule has 0 aromatic carbocycles. The molecule has 0 amide bonds. The predicted octanol–water partition coefficient (Wildman–Crippen LogP) is 2.81. The lowest BCUT2D eigenvalue weighted by Crippen LogP contribution is -2.38. The fraction of sp³-hybridized carbons (Fsp3) is 0.571. The number of pyridine rings is 1. The summed E-state index contributed by atoms with van der Waals surface area (Å²) < 4.78 is 52.5. The fourth-order valence-electron chi connectivity index (χ4n) is 4.49. The number of nitrogen functional groups attached to an aromatic ring is 1. The fourth-order valence-corrected chi connectivity index (χ4v) is 4.49. The van der Waals surface area contributed by atoms with Crippen LogP contribution >= 0.6 is 0 Å². The van der Waals surface area contributed by atoms with Gasteiger partial charge in [-0.1, -0.05) is 0 Å². The van der Waals surface area contributed by atoms with Gasteiger partial charge in [-0.15, -0.1) is 0 Å². The van der Waals surface area contributed by atoms with Crippen LogP contribution in [0.2, 0.25) is 0 Å². The molecule has 0 spiro atoms. The van der Waals surface area contributed by atoms with E-state index in [4.69, 9.17) is 15.2 Å². The first-order valence-electron chi connectivity index (χ1n) is 10.5. The molecule has 1 saturated heterocycles.